The highest BCUT2D eigenvalue weighted by Gasteiger charge is 2.23. The first-order chi connectivity index (χ1) is 9.66. The summed E-state index contributed by atoms with van der Waals surface area (Å²) >= 11 is 13.4. The summed E-state index contributed by atoms with van der Waals surface area (Å²) in [6, 6.07) is 0. The normalized spacial score (nSPS) is 16.5. The second kappa shape index (κ2) is 5.81. The van der Waals surface area contributed by atoms with E-state index in [1.54, 1.807) is 5.51 Å². The van der Waals surface area contributed by atoms with Crippen LogP contribution >= 0.6 is 34.5 Å². The van der Waals surface area contributed by atoms with Crippen molar-refractivity contribution in [3.05, 3.63) is 31.7 Å². The van der Waals surface area contributed by atoms with Gasteiger partial charge in [-0.3, -0.25) is 4.79 Å². The maximum Gasteiger partial charge on any atom is 0.270 e. The van der Waals surface area contributed by atoms with E-state index in [9.17, 15) is 4.79 Å². The minimum absolute atomic E-state index is 0.143. The van der Waals surface area contributed by atoms with Crippen molar-refractivity contribution >= 4 is 34.5 Å². The van der Waals surface area contributed by atoms with Gasteiger partial charge in [0.25, 0.3) is 5.56 Å². The fourth-order valence-electron chi connectivity index (χ4n) is 2.21. The SMILES string of the molecule is O=c1[nH]c(-c2scnc2Cl)nc(C2CCOCC2)c1Cl. The van der Waals surface area contributed by atoms with Crippen molar-refractivity contribution in [2.45, 2.75) is 18.8 Å². The van der Waals surface area contributed by atoms with Crippen LogP contribution in [0.4, 0.5) is 0 Å². The lowest BCUT2D eigenvalue weighted by Gasteiger charge is -2.22. The third-order valence-corrected chi connectivity index (χ3v) is 4.83. The molecule has 0 aliphatic carbocycles. The van der Waals surface area contributed by atoms with Gasteiger partial charge in [0.1, 0.15) is 9.90 Å². The van der Waals surface area contributed by atoms with E-state index in [0.717, 1.165) is 12.8 Å². The van der Waals surface area contributed by atoms with E-state index in [1.165, 1.54) is 11.3 Å². The highest BCUT2D eigenvalue weighted by Crippen LogP contribution is 2.32. The molecule has 0 atom stereocenters. The minimum Gasteiger partial charge on any atom is -0.381 e. The number of ether oxygens (including phenoxy) is 1. The van der Waals surface area contributed by atoms with Gasteiger partial charge in [0, 0.05) is 19.1 Å². The van der Waals surface area contributed by atoms with Crippen LogP contribution in [-0.4, -0.2) is 28.2 Å². The van der Waals surface area contributed by atoms with Crippen LogP contribution in [0.25, 0.3) is 10.7 Å². The Morgan fingerprint density at radius 2 is 2.10 bits per heavy atom. The van der Waals surface area contributed by atoms with Crippen LogP contribution in [-0.2, 0) is 4.74 Å². The molecule has 0 bridgehead atoms. The van der Waals surface area contributed by atoms with Crippen LogP contribution in [0.3, 0.4) is 0 Å². The predicted molar refractivity (Wildman–Crippen MR) is 78.8 cm³/mol. The Hall–Kier alpha value is -0.950. The number of hydrogen-bond acceptors (Lipinski definition) is 5. The van der Waals surface area contributed by atoms with Crippen molar-refractivity contribution in [2.75, 3.05) is 13.2 Å². The van der Waals surface area contributed by atoms with E-state index < -0.39 is 0 Å². The molecule has 3 heterocycles. The number of aromatic amines is 1. The number of nitrogens with zero attached hydrogens (tertiary/aromatic N) is 2. The summed E-state index contributed by atoms with van der Waals surface area (Å²) in [5, 5.41) is 0.486. The zero-order valence-corrected chi connectivity index (χ0v) is 12.7. The second-order valence-electron chi connectivity index (χ2n) is 4.47. The van der Waals surface area contributed by atoms with Gasteiger partial charge in [0.2, 0.25) is 0 Å². The maximum atomic E-state index is 12.0. The monoisotopic (exact) mass is 331 g/mol. The zero-order valence-electron chi connectivity index (χ0n) is 10.4. The van der Waals surface area contributed by atoms with Gasteiger partial charge in [-0.25, -0.2) is 9.97 Å². The molecule has 0 spiro atoms. The predicted octanol–water partition coefficient (Wildman–Crippen LogP) is 3.09. The molecule has 0 radical (unpaired) electrons. The molecule has 0 aromatic carbocycles. The number of H-pyrrole nitrogens is 1. The molecule has 1 fully saturated rings. The van der Waals surface area contributed by atoms with Gasteiger partial charge in [-0.2, -0.15) is 0 Å². The van der Waals surface area contributed by atoms with Crippen LogP contribution < -0.4 is 5.56 Å². The molecule has 106 valence electrons. The summed E-state index contributed by atoms with van der Waals surface area (Å²) in [5.74, 6) is 0.567. The summed E-state index contributed by atoms with van der Waals surface area (Å²) in [6.45, 7) is 1.32. The van der Waals surface area contributed by atoms with Crippen LogP contribution in [0.15, 0.2) is 10.3 Å². The van der Waals surface area contributed by atoms with Gasteiger partial charge in [-0.15, -0.1) is 11.3 Å². The maximum absolute atomic E-state index is 12.0. The van der Waals surface area contributed by atoms with Crippen molar-refractivity contribution in [3.8, 4) is 10.7 Å². The lowest BCUT2D eigenvalue weighted by Crippen LogP contribution is -2.20. The number of aromatic nitrogens is 3. The van der Waals surface area contributed by atoms with Crippen molar-refractivity contribution < 1.29 is 4.74 Å². The third-order valence-electron chi connectivity index (χ3n) is 3.24. The molecule has 0 amide bonds. The first-order valence-corrected chi connectivity index (χ1v) is 7.77. The van der Waals surface area contributed by atoms with Crippen LogP contribution in [0, 0.1) is 0 Å². The van der Waals surface area contributed by atoms with Crippen LogP contribution in [0.5, 0.6) is 0 Å². The second-order valence-corrected chi connectivity index (χ2v) is 6.06. The van der Waals surface area contributed by atoms with Gasteiger partial charge >= 0.3 is 0 Å². The first-order valence-electron chi connectivity index (χ1n) is 6.13. The average molecular weight is 332 g/mol. The molecule has 0 unspecified atom stereocenters. The molecule has 5 nitrogen and oxygen atoms in total. The Balaban J connectivity index is 2.08. The molecule has 1 saturated heterocycles. The smallest absolute Gasteiger partial charge is 0.270 e. The summed E-state index contributed by atoms with van der Waals surface area (Å²) in [5.41, 5.74) is 1.89. The Kier molecular flexibility index (Phi) is 4.07. The molecule has 1 N–H and O–H groups in total. The van der Waals surface area contributed by atoms with Crippen molar-refractivity contribution in [1.82, 2.24) is 15.0 Å². The molecule has 1 aliphatic rings. The average Bonchev–Trinajstić information content (AvgIpc) is 2.89. The summed E-state index contributed by atoms with van der Waals surface area (Å²) in [4.78, 5) is 23.8. The van der Waals surface area contributed by atoms with Crippen LogP contribution in [0.1, 0.15) is 24.5 Å². The number of thiazole rings is 1. The van der Waals surface area contributed by atoms with Gasteiger partial charge in [0.15, 0.2) is 11.0 Å². The molecule has 2 aromatic rings. The fraction of sp³-hybridized carbons (Fsp3) is 0.417. The van der Waals surface area contributed by atoms with E-state index in [2.05, 4.69) is 15.0 Å². The molecular formula is C12H11Cl2N3O2S. The van der Waals surface area contributed by atoms with Crippen LogP contribution in [0.2, 0.25) is 10.2 Å². The number of halogens is 2. The molecule has 2 aromatic heterocycles. The summed E-state index contributed by atoms with van der Waals surface area (Å²) in [6.07, 6.45) is 1.62. The van der Waals surface area contributed by atoms with E-state index in [-0.39, 0.29) is 16.5 Å². The van der Waals surface area contributed by atoms with Gasteiger partial charge in [-0.05, 0) is 12.8 Å². The molecule has 20 heavy (non-hydrogen) atoms. The first kappa shape index (κ1) is 14.0. The van der Waals surface area contributed by atoms with E-state index in [4.69, 9.17) is 27.9 Å². The largest absolute Gasteiger partial charge is 0.381 e. The summed E-state index contributed by atoms with van der Waals surface area (Å²) < 4.78 is 5.33. The fourth-order valence-corrected chi connectivity index (χ4v) is 3.41. The highest BCUT2D eigenvalue weighted by atomic mass is 35.5. The Morgan fingerprint density at radius 1 is 1.35 bits per heavy atom. The van der Waals surface area contributed by atoms with E-state index >= 15 is 0 Å². The Morgan fingerprint density at radius 3 is 2.75 bits per heavy atom. The van der Waals surface area contributed by atoms with Crippen molar-refractivity contribution in [3.63, 3.8) is 0 Å². The molecule has 1 aliphatic heterocycles. The number of rotatable bonds is 2. The zero-order chi connectivity index (χ0) is 14.1. The lowest BCUT2D eigenvalue weighted by atomic mass is 9.96. The molecular weight excluding hydrogens is 321 g/mol. The topological polar surface area (TPSA) is 67.9 Å². The molecule has 3 rings (SSSR count). The quantitative estimate of drug-likeness (QED) is 0.918. The van der Waals surface area contributed by atoms with E-state index in [0.29, 0.717) is 34.8 Å². The third kappa shape index (κ3) is 2.61. The van der Waals surface area contributed by atoms with Crippen molar-refractivity contribution in [1.29, 1.82) is 0 Å². The van der Waals surface area contributed by atoms with E-state index in [1.807, 2.05) is 0 Å². The number of hydrogen-bond donors (Lipinski definition) is 1. The lowest BCUT2D eigenvalue weighted by molar-refractivity contribution is 0.0845. The van der Waals surface area contributed by atoms with Crippen molar-refractivity contribution in [2.24, 2.45) is 0 Å². The highest BCUT2D eigenvalue weighted by molar-refractivity contribution is 7.13. The Labute approximate surface area is 128 Å². The molecule has 8 heteroatoms. The Bertz CT molecular complexity index is 680. The standard InChI is InChI=1S/C12H11Cl2N3O2S/c13-7-8(6-1-3-19-4-2-6)16-11(17-12(7)18)9-10(14)15-5-20-9/h5-6H,1-4H2,(H,16,17,18). The number of nitrogens with one attached hydrogen (secondary N) is 1. The van der Waals surface area contributed by atoms with Gasteiger partial charge in [-0.1, -0.05) is 23.2 Å². The minimum atomic E-state index is -0.345. The molecule has 0 saturated carbocycles. The summed E-state index contributed by atoms with van der Waals surface area (Å²) in [7, 11) is 0. The van der Waals surface area contributed by atoms with Gasteiger partial charge < -0.3 is 9.72 Å². The van der Waals surface area contributed by atoms with Gasteiger partial charge in [0.05, 0.1) is 11.2 Å².